The molecule has 2 rings (SSSR count). The Labute approximate surface area is 136 Å². The Balaban J connectivity index is 2.31. The summed E-state index contributed by atoms with van der Waals surface area (Å²) in [6, 6.07) is 11.5. The summed E-state index contributed by atoms with van der Waals surface area (Å²) in [5, 5.41) is 20.0. The third-order valence-electron chi connectivity index (χ3n) is 3.17. The Morgan fingerprint density at radius 1 is 1.17 bits per heavy atom. The number of ether oxygens (including phenoxy) is 2. The number of nitro benzene ring substituents is 1. The first-order chi connectivity index (χ1) is 11.4. The van der Waals surface area contributed by atoms with Crippen LogP contribution in [-0.2, 0) is 9.53 Å². The van der Waals surface area contributed by atoms with Crippen molar-refractivity contribution in [3.05, 3.63) is 69.8 Å². The van der Waals surface area contributed by atoms with Crippen molar-refractivity contribution in [2.24, 2.45) is 0 Å². The molecule has 2 aromatic carbocycles. The van der Waals surface area contributed by atoms with Gasteiger partial charge in [0.25, 0.3) is 0 Å². The average Bonchev–Trinajstić information content (AvgIpc) is 2.56. The minimum atomic E-state index is -1.32. The monoisotopic (exact) mass is 331 g/mol. The number of hydrogen-bond acceptors (Lipinski definition) is 6. The van der Waals surface area contributed by atoms with E-state index in [1.165, 1.54) is 7.11 Å². The van der Waals surface area contributed by atoms with Gasteiger partial charge in [0.15, 0.2) is 6.10 Å². The second-order valence-corrected chi connectivity index (χ2v) is 4.69. The molecule has 2 aromatic rings. The van der Waals surface area contributed by atoms with E-state index in [0.29, 0.717) is 5.56 Å². The molecule has 0 spiro atoms. The number of carboxylic acid groups (broad SMARTS) is 1. The molecule has 0 heterocycles. The lowest BCUT2D eigenvalue weighted by molar-refractivity contribution is -0.385. The van der Waals surface area contributed by atoms with Crippen molar-refractivity contribution in [2.75, 3.05) is 7.11 Å². The van der Waals surface area contributed by atoms with E-state index in [-0.39, 0.29) is 11.3 Å². The largest absolute Gasteiger partial charge is 0.478 e. The topological polar surface area (TPSA) is 116 Å². The average molecular weight is 331 g/mol. The Kier molecular flexibility index (Phi) is 5.23. The van der Waals surface area contributed by atoms with Crippen molar-refractivity contribution in [1.29, 1.82) is 0 Å². The van der Waals surface area contributed by atoms with Gasteiger partial charge in [0.1, 0.15) is 0 Å². The van der Waals surface area contributed by atoms with Gasteiger partial charge in [-0.25, -0.2) is 9.59 Å². The van der Waals surface area contributed by atoms with Crippen LogP contribution in [0, 0.1) is 10.1 Å². The summed E-state index contributed by atoms with van der Waals surface area (Å²) in [4.78, 5) is 33.4. The minimum Gasteiger partial charge on any atom is -0.478 e. The number of aromatic carboxylic acids is 1. The fourth-order valence-corrected chi connectivity index (χ4v) is 2.04. The van der Waals surface area contributed by atoms with Crippen LogP contribution in [0.3, 0.4) is 0 Å². The van der Waals surface area contributed by atoms with E-state index in [1.54, 1.807) is 30.3 Å². The molecule has 8 heteroatoms. The lowest BCUT2D eigenvalue weighted by Gasteiger charge is -2.14. The molecular weight excluding hydrogens is 318 g/mol. The predicted octanol–water partition coefficient (Wildman–Crippen LogP) is 2.59. The number of carbonyl (C=O) groups excluding carboxylic acids is 1. The lowest BCUT2D eigenvalue weighted by Crippen LogP contribution is -2.20. The number of benzene rings is 2. The summed E-state index contributed by atoms with van der Waals surface area (Å²) in [5.41, 5.74) is -0.381. The van der Waals surface area contributed by atoms with Gasteiger partial charge in [-0.1, -0.05) is 30.3 Å². The first-order valence-corrected chi connectivity index (χ1v) is 6.75. The highest BCUT2D eigenvalue weighted by atomic mass is 16.6. The first-order valence-electron chi connectivity index (χ1n) is 6.75. The van der Waals surface area contributed by atoms with E-state index < -0.39 is 28.7 Å². The van der Waals surface area contributed by atoms with Crippen molar-refractivity contribution in [2.45, 2.75) is 6.10 Å². The predicted molar refractivity (Wildman–Crippen MR) is 81.9 cm³/mol. The molecule has 0 aromatic heterocycles. The van der Waals surface area contributed by atoms with E-state index in [0.717, 1.165) is 18.2 Å². The fraction of sp³-hybridized carbons (Fsp3) is 0.125. The molecule has 0 aliphatic heterocycles. The van der Waals surface area contributed by atoms with Crippen LogP contribution >= 0.6 is 0 Å². The number of nitrogens with zero attached hydrogens (tertiary/aromatic N) is 1. The second-order valence-electron chi connectivity index (χ2n) is 4.69. The van der Waals surface area contributed by atoms with Crippen LogP contribution in [-0.4, -0.2) is 29.1 Å². The van der Waals surface area contributed by atoms with Crippen LogP contribution in [0.4, 0.5) is 5.69 Å². The number of hydrogen-bond donors (Lipinski definition) is 1. The summed E-state index contributed by atoms with van der Waals surface area (Å²) in [6.45, 7) is 0. The molecule has 1 unspecified atom stereocenters. The summed E-state index contributed by atoms with van der Waals surface area (Å²) < 4.78 is 10.1. The van der Waals surface area contributed by atoms with Crippen LogP contribution in [0.5, 0.6) is 5.75 Å². The zero-order chi connectivity index (χ0) is 17.7. The quantitative estimate of drug-likeness (QED) is 0.374. The summed E-state index contributed by atoms with van der Waals surface area (Å²) >= 11 is 0. The molecule has 1 N–H and O–H groups in total. The highest BCUT2D eigenvalue weighted by Crippen LogP contribution is 2.30. The van der Waals surface area contributed by atoms with E-state index in [9.17, 15) is 19.7 Å². The van der Waals surface area contributed by atoms with Gasteiger partial charge in [0.2, 0.25) is 5.75 Å². The molecule has 0 radical (unpaired) electrons. The van der Waals surface area contributed by atoms with Crippen molar-refractivity contribution in [3.63, 3.8) is 0 Å². The molecule has 0 amide bonds. The maximum absolute atomic E-state index is 12.3. The van der Waals surface area contributed by atoms with E-state index >= 15 is 0 Å². The molecule has 24 heavy (non-hydrogen) atoms. The number of nitro groups is 1. The zero-order valence-electron chi connectivity index (χ0n) is 12.5. The smallest absolute Gasteiger partial charge is 0.345 e. The Bertz CT molecular complexity index is 773. The molecule has 0 fully saturated rings. The zero-order valence-corrected chi connectivity index (χ0v) is 12.5. The lowest BCUT2D eigenvalue weighted by atomic mass is 10.1. The van der Waals surface area contributed by atoms with Crippen LogP contribution in [0.15, 0.2) is 48.5 Å². The van der Waals surface area contributed by atoms with E-state index in [1.807, 2.05) is 0 Å². The Morgan fingerprint density at radius 3 is 2.38 bits per heavy atom. The molecule has 1 atom stereocenters. The van der Waals surface area contributed by atoms with Crippen LogP contribution in [0.25, 0.3) is 0 Å². The SMILES string of the molecule is COC(C(=O)Oc1ccc(C(=O)O)cc1[N+](=O)[O-])c1ccccc1. The normalized spacial score (nSPS) is 11.5. The Hall–Kier alpha value is -3.26. The van der Waals surface area contributed by atoms with Gasteiger partial charge in [-0.3, -0.25) is 10.1 Å². The van der Waals surface area contributed by atoms with Gasteiger partial charge < -0.3 is 14.6 Å². The number of rotatable bonds is 6. The van der Waals surface area contributed by atoms with Gasteiger partial charge >= 0.3 is 17.6 Å². The van der Waals surface area contributed by atoms with Gasteiger partial charge in [-0.05, 0) is 17.7 Å². The highest BCUT2D eigenvalue weighted by molar-refractivity contribution is 5.89. The second kappa shape index (κ2) is 7.34. The van der Waals surface area contributed by atoms with Crippen molar-refractivity contribution in [1.82, 2.24) is 0 Å². The summed E-state index contributed by atoms with van der Waals surface area (Å²) in [5.74, 6) is -2.53. The number of carboxylic acids is 1. The summed E-state index contributed by atoms with van der Waals surface area (Å²) in [6.07, 6.45) is -1.06. The summed E-state index contributed by atoms with van der Waals surface area (Å²) in [7, 11) is 1.31. The molecule has 0 saturated carbocycles. The maximum Gasteiger partial charge on any atom is 0.345 e. The van der Waals surface area contributed by atoms with Crippen molar-refractivity contribution in [3.8, 4) is 5.75 Å². The molecule has 8 nitrogen and oxygen atoms in total. The van der Waals surface area contributed by atoms with Crippen LogP contribution < -0.4 is 4.74 Å². The molecule has 0 saturated heterocycles. The molecule has 0 aliphatic carbocycles. The van der Waals surface area contributed by atoms with Gasteiger partial charge in [-0.15, -0.1) is 0 Å². The fourth-order valence-electron chi connectivity index (χ4n) is 2.04. The number of methoxy groups -OCH3 is 1. The van der Waals surface area contributed by atoms with Crippen molar-refractivity contribution >= 4 is 17.6 Å². The Morgan fingerprint density at radius 2 is 1.83 bits per heavy atom. The van der Waals surface area contributed by atoms with E-state index in [2.05, 4.69) is 0 Å². The van der Waals surface area contributed by atoms with Gasteiger partial charge in [0, 0.05) is 13.2 Å². The van der Waals surface area contributed by atoms with Crippen LogP contribution in [0.2, 0.25) is 0 Å². The molecular formula is C16H13NO7. The molecule has 0 aliphatic rings. The van der Waals surface area contributed by atoms with E-state index in [4.69, 9.17) is 14.6 Å². The third kappa shape index (κ3) is 3.73. The number of esters is 1. The van der Waals surface area contributed by atoms with Crippen molar-refractivity contribution < 1.29 is 29.1 Å². The first kappa shape index (κ1) is 17.1. The van der Waals surface area contributed by atoms with Gasteiger partial charge in [-0.2, -0.15) is 0 Å². The van der Waals surface area contributed by atoms with Crippen LogP contribution in [0.1, 0.15) is 22.0 Å². The maximum atomic E-state index is 12.3. The molecule has 0 bridgehead atoms. The minimum absolute atomic E-state index is 0.284. The highest BCUT2D eigenvalue weighted by Gasteiger charge is 2.26. The molecule has 124 valence electrons. The van der Waals surface area contributed by atoms with Gasteiger partial charge in [0.05, 0.1) is 10.5 Å². The third-order valence-corrected chi connectivity index (χ3v) is 3.17. The number of carbonyl (C=O) groups is 2. The standard InChI is InChI=1S/C16H13NO7/c1-23-14(10-5-3-2-4-6-10)16(20)24-13-8-7-11(15(18)19)9-12(13)17(21)22/h2-9,14H,1H3,(H,18,19).